The van der Waals surface area contributed by atoms with Crippen LogP contribution in [0.15, 0.2) is 18.2 Å². The molecule has 114 valence electrons. The highest BCUT2D eigenvalue weighted by Gasteiger charge is 2.21. The molecule has 5 heteroatoms. The standard InChI is InChI=1S/C16H21FN2O2/c1-3-4-16(21)13-5-6-15(14(17)11-13)19-9-7-18(8-10-19)12(2)20/h5-6,11H,3-4,7-10H2,1-2H3. The van der Waals surface area contributed by atoms with Gasteiger partial charge in [-0.15, -0.1) is 0 Å². The molecule has 0 atom stereocenters. The van der Waals surface area contributed by atoms with Crippen molar-refractivity contribution in [3.05, 3.63) is 29.6 Å². The van der Waals surface area contributed by atoms with Crippen LogP contribution in [0.3, 0.4) is 0 Å². The minimum atomic E-state index is -0.367. The van der Waals surface area contributed by atoms with E-state index in [0.29, 0.717) is 43.9 Å². The summed E-state index contributed by atoms with van der Waals surface area (Å²) in [6.07, 6.45) is 1.20. The lowest BCUT2D eigenvalue weighted by Gasteiger charge is -2.35. The molecule has 1 amide bonds. The number of ketones is 1. The molecule has 1 aromatic carbocycles. The molecule has 1 fully saturated rings. The van der Waals surface area contributed by atoms with Gasteiger partial charge in [0.1, 0.15) is 5.82 Å². The molecule has 1 aromatic rings. The Kier molecular flexibility index (Phi) is 4.94. The second-order valence-electron chi connectivity index (χ2n) is 5.33. The van der Waals surface area contributed by atoms with E-state index in [4.69, 9.17) is 0 Å². The first-order valence-electron chi connectivity index (χ1n) is 7.36. The van der Waals surface area contributed by atoms with Crippen LogP contribution in [0.2, 0.25) is 0 Å². The molecule has 1 aliphatic rings. The molecular formula is C16H21FN2O2. The van der Waals surface area contributed by atoms with Crippen molar-refractivity contribution in [1.82, 2.24) is 4.90 Å². The van der Waals surface area contributed by atoms with E-state index in [0.717, 1.165) is 6.42 Å². The summed E-state index contributed by atoms with van der Waals surface area (Å²) in [5.41, 5.74) is 0.937. The zero-order chi connectivity index (χ0) is 15.4. The number of anilines is 1. The van der Waals surface area contributed by atoms with E-state index in [2.05, 4.69) is 0 Å². The minimum absolute atomic E-state index is 0.0238. The molecule has 0 aromatic heterocycles. The number of amides is 1. The Morgan fingerprint density at radius 1 is 1.19 bits per heavy atom. The van der Waals surface area contributed by atoms with Crippen LogP contribution in [0.1, 0.15) is 37.0 Å². The highest BCUT2D eigenvalue weighted by atomic mass is 19.1. The van der Waals surface area contributed by atoms with Gasteiger partial charge in [-0.3, -0.25) is 9.59 Å². The van der Waals surface area contributed by atoms with Gasteiger partial charge in [-0.05, 0) is 24.6 Å². The van der Waals surface area contributed by atoms with Crippen molar-refractivity contribution < 1.29 is 14.0 Å². The smallest absolute Gasteiger partial charge is 0.219 e. The molecule has 0 saturated carbocycles. The number of halogens is 1. The SMILES string of the molecule is CCCC(=O)c1ccc(N2CCN(C(C)=O)CC2)c(F)c1. The predicted octanol–water partition coefficient (Wildman–Crippen LogP) is 2.48. The van der Waals surface area contributed by atoms with Crippen LogP contribution in [0.5, 0.6) is 0 Å². The molecule has 1 aliphatic heterocycles. The van der Waals surface area contributed by atoms with Crippen molar-refractivity contribution in [2.75, 3.05) is 31.1 Å². The first-order valence-corrected chi connectivity index (χ1v) is 7.36. The summed E-state index contributed by atoms with van der Waals surface area (Å²) in [5, 5.41) is 0. The van der Waals surface area contributed by atoms with Gasteiger partial charge in [0, 0.05) is 45.1 Å². The van der Waals surface area contributed by atoms with E-state index < -0.39 is 0 Å². The zero-order valence-electron chi connectivity index (χ0n) is 12.6. The molecular weight excluding hydrogens is 271 g/mol. The Morgan fingerprint density at radius 2 is 1.86 bits per heavy atom. The molecule has 0 N–H and O–H groups in total. The van der Waals surface area contributed by atoms with Gasteiger partial charge in [-0.1, -0.05) is 6.92 Å². The number of nitrogens with zero attached hydrogens (tertiary/aromatic N) is 2. The largest absolute Gasteiger partial charge is 0.366 e. The number of rotatable bonds is 4. The third kappa shape index (κ3) is 3.60. The second kappa shape index (κ2) is 6.70. The van der Waals surface area contributed by atoms with Gasteiger partial charge in [0.25, 0.3) is 0 Å². The maximum atomic E-state index is 14.2. The molecule has 4 nitrogen and oxygen atoms in total. The van der Waals surface area contributed by atoms with Crippen LogP contribution in [-0.4, -0.2) is 42.8 Å². The van der Waals surface area contributed by atoms with Crippen molar-refractivity contribution in [3.63, 3.8) is 0 Å². The van der Waals surface area contributed by atoms with Crippen LogP contribution in [0.25, 0.3) is 0 Å². The number of piperazine rings is 1. The number of benzene rings is 1. The van der Waals surface area contributed by atoms with Gasteiger partial charge >= 0.3 is 0 Å². The second-order valence-corrected chi connectivity index (χ2v) is 5.33. The molecule has 0 unspecified atom stereocenters. The molecule has 1 saturated heterocycles. The quantitative estimate of drug-likeness (QED) is 0.801. The van der Waals surface area contributed by atoms with Crippen LogP contribution in [0, 0.1) is 5.82 Å². The van der Waals surface area contributed by atoms with Crippen LogP contribution in [-0.2, 0) is 4.79 Å². The lowest BCUT2D eigenvalue weighted by Crippen LogP contribution is -2.48. The van der Waals surface area contributed by atoms with Gasteiger partial charge in [-0.25, -0.2) is 4.39 Å². The number of hydrogen-bond acceptors (Lipinski definition) is 3. The Morgan fingerprint density at radius 3 is 2.38 bits per heavy atom. The van der Waals surface area contributed by atoms with Crippen molar-refractivity contribution in [1.29, 1.82) is 0 Å². The van der Waals surface area contributed by atoms with Crippen molar-refractivity contribution >= 4 is 17.4 Å². The molecule has 1 heterocycles. The molecule has 2 rings (SSSR count). The third-order valence-electron chi connectivity index (χ3n) is 3.81. The van der Waals surface area contributed by atoms with E-state index in [1.165, 1.54) is 6.07 Å². The lowest BCUT2D eigenvalue weighted by atomic mass is 10.1. The van der Waals surface area contributed by atoms with Gasteiger partial charge in [0.15, 0.2) is 5.78 Å². The van der Waals surface area contributed by atoms with E-state index >= 15 is 0 Å². The molecule has 0 bridgehead atoms. The zero-order valence-corrected chi connectivity index (χ0v) is 12.6. The van der Waals surface area contributed by atoms with Crippen molar-refractivity contribution in [2.24, 2.45) is 0 Å². The van der Waals surface area contributed by atoms with E-state index in [9.17, 15) is 14.0 Å². The Hall–Kier alpha value is -1.91. The van der Waals surface area contributed by atoms with Gasteiger partial charge < -0.3 is 9.80 Å². The van der Waals surface area contributed by atoms with Gasteiger partial charge in [-0.2, -0.15) is 0 Å². The Labute approximate surface area is 124 Å². The predicted molar refractivity (Wildman–Crippen MR) is 80.1 cm³/mol. The maximum Gasteiger partial charge on any atom is 0.219 e. The number of carbonyl (C=O) groups is 2. The summed E-state index contributed by atoms with van der Waals surface area (Å²) in [4.78, 5) is 26.7. The van der Waals surface area contributed by atoms with E-state index in [-0.39, 0.29) is 17.5 Å². The van der Waals surface area contributed by atoms with E-state index in [1.54, 1.807) is 24.0 Å². The highest BCUT2D eigenvalue weighted by molar-refractivity contribution is 5.96. The van der Waals surface area contributed by atoms with Crippen molar-refractivity contribution in [2.45, 2.75) is 26.7 Å². The topological polar surface area (TPSA) is 40.6 Å². The summed E-state index contributed by atoms with van der Waals surface area (Å²) in [7, 11) is 0. The fourth-order valence-electron chi connectivity index (χ4n) is 2.57. The fraction of sp³-hybridized carbons (Fsp3) is 0.500. The molecule has 0 radical (unpaired) electrons. The minimum Gasteiger partial charge on any atom is -0.366 e. The van der Waals surface area contributed by atoms with Gasteiger partial charge in [0.2, 0.25) is 5.91 Å². The number of carbonyl (C=O) groups excluding carboxylic acids is 2. The lowest BCUT2D eigenvalue weighted by molar-refractivity contribution is -0.129. The van der Waals surface area contributed by atoms with Crippen LogP contribution in [0.4, 0.5) is 10.1 Å². The Balaban J connectivity index is 2.08. The number of hydrogen-bond donors (Lipinski definition) is 0. The summed E-state index contributed by atoms with van der Waals surface area (Å²) in [5.74, 6) is -0.340. The average Bonchev–Trinajstić information content (AvgIpc) is 2.47. The first kappa shape index (κ1) is 15.5. The Bertz CT molecular complexity index is 537. The summed E-state index contributed by atoms with van der Waals surface area (Å²) >= 11 is 0. The van der Waals surface area contributed by atoms with Crippen LogP contribution < -0.4 is 4.90 Å². The molecule has 21 heavy (non-hydrogen) atoms. The van der Waals surface area contributed by atoms with Crippen LogP contribution >= 0.6 is 0 Å². The number of Topliss-reactive ketones (excluding diaryl/α,β-unsaturated/α-hetero) is 1. The van der Waals surface area contributed by atoms with Gasteiger partial charge in [0.05, 0.1) is 5.69 Å². The first-order chi connectivity index (χ1) is 10.0. The summed E-state index contributed by atoms with van der Waals surface area (Å²) < 4.78 is 14.2. The fourth-order valence-corrected chi connectivity index (χ4v) is 2.57. The monoisotopic (exact) mass is 292 g/mol. The molecule has 0 aliphatic carbocycles. The summed E-state index contributed by atoms with van der Waals surface area (Å²) in [6.45, 7) is 5.90. The average molecular weight is 292 g/mol. The summed E-state index contributed by atoms with van der Waals surface area (Å²) in [6, 6.07) is 4.68. The van der Waals surface area contributed by atoms with Crippen molar-refractivity contribution in [3.8, 4) is 0 Å². The maximum absolute atomic E-state index is 14.2. The van der Waals surface area contributed by atoms with E-state index in [1.807, 2.05) is 11.8 Å². The highest BCUT2D eigenvalue weighted by Crippen LogP contribution is 2.22. The normalized spacial score (nSPS) is 15.2. The third-order valence-corrected chi connectivity index (χ3v) is 3.81. The molecule has 0 spiro atoms.